The highest BCUT2D eigenvalue weighted by molar-refractivity contribution is 5.32. The Hall–Kier alpha value is -0.780. The van der Waals surface area contributed by atoms with E-state index in [-0.39, 0.29) is 7.43 Å². The summed E-state index contributed by atoms with van der Waals surface area (Å²) in [6, 6.07) is 6.86. The molecule has 0 aromatic heterocycles. The molecule has 1 aliphatic rings. The van der Waals surface area contributed by atoms with Gasteiger partial charge < -0.3 is 0 Å². The molecule has 0 amide bonds. The van der Waals surface area contributed by atoms with Crippen molar-refractivity contribution in [2.24, 2.45) is 0 Å². The van der Waals surface area contributed by atoms with Gasteiger partial charge >= 0.3 is 0 Å². The smallest absolute Gasteiger partial charge is 0.0276 e. The number of benzene rings is 1. The molecule has 0 saturated carbocycles. The molecule has 94 valence electrons. The van der Waals surface area contributed by atoms with Crippen LogP contribution in [0.5, 0.6) is 0 Å². The lowest BCUT2D eigenvalue weighted by Crippen LogP contribution is -2.01. The van der Waals surface area contributed by atoms with Crippen LogP contribution in [-0.2, 0) is 12.8 Å². The number of fused-ring (bicyclic) bond motifs is 1. The number of hydrogen-bond donors (Lipinski definition) is 0. The highest BCUT2D eigenvalue weighted by Gasteiger charge is 2.07. The third kappa shape index (κ3) is 5.34. The van der Waals surface area contributed by atoms with Gasteiger partial charge in [0, 0.05) is 0 Å². The number of rotatable bonds is 0. The second kappa shape index (κ2) is 10.7. The van der Waals surface area contributed by atoms with Crippen molar-refractivity contribution in [3.8, 4) is 0 Å². The molecule has 0 heteroatoms. The molecule has 0 spiro atoms. The van der Waals surface area contributed by atoms with E-state index in [1.54, 1.807) is 11.1 Å². The van der Waals surface area contributed by atoms with Gasteiger partial charge in [-0.3, -0.25) is 0 Å². The molecule has 0 N–H and O–H groups in total. The molecule has 0 radical (unpaired) electrons. The molecule has 0 bridgehead atoms. The summed E-state index contributed by atoms with van der Waals surface area (Å²) in [4.78, 5) is 0. The normalized spacial score (nSPS) is 11.8. The fourth-order valence-electron chi connectivity index (χ4n) is 1.86. The average Bonchev–Trinajstić information content (AvgIpc) is 2.34. The lowest BCUT2D eigenvalue weighted by Gasteiger charge is -2.15. The van der Waals surface area contributed by atoms with Gasteiger partial charge in [0.15, 0.2) is 0 Å². The summed E-state index contributed by atoms with van der Waals surface area (Å²) < 4.78 is 0. The van der Waals surface area contributed by atoms with Crippen molar-refractivity contribution < 1.29 is 0 Å². The highest BCUT2D eigenvalue weighted by atomic mass is 14.1. The van der Waals surface area contributed by atoms with E-state index in [0.717, 1.165) is 0 Å². The van der Waals surface area contributed by atoms with Crippen LogP contribution >= 0.6 is 0 Å². The van der Waals surface area contributed by atoms with E-state index < -0.39 is 0 Å². The number of hydrogen-bond acceptors (Lipinski definition) is 0. The van der Waals surface area contributed by atoms with E-state index >= 15 is 0 Å². The van der Waals surface area contributed by atoms with Crippen LogP contribution in [0.25, 0.3) is 0 Å². The molecule has 1 aromatic carbocycles. The first kappa shape index (κ1) is 17.6. The SMILES string of the molecule is C.CC.CC.Cc1ccc2c(c1)CCCC2. The second-order valence-electron chi connectivity index (χ2n) is 3.48. The summed E-state index contributed by atoms with van der Waals surface area (Å²) in [6.45, 7) is 10.2. The van der Waals surface area contributed by atoms with E-state index in [0.29, 0.717) is 0 Å². The van der Waals surface area contributed by atoms with Gasteiger partial charge in [0.05, 0.1) is 0 Å². The molecule has 2 rings (SSSR count). The lowest BCUT2D eigenvalue weighted by molar-refractivity contribution is 0.685. The van der Waals surface area contributed by atoms with Crippen LogP contribution < -0.4 is 0 Å². The molecular formula is C16H30. The summed E-state index contributed by atoms with van der Waals surface area (Å²) in [5.41, 5.74) is 4.59. The second-order valence-corrected chi connectivity index (χ2v) is 3.48. The van der Waals surface area contributed by atoms with E-state index in [9.17, 15) is 0 Å². The third-order valence-electron chi connectivity index (χ3n) is 2.50. The summed E-state index contributed by atoms with van der Waals surface area (Å²) in [6.07, 6.45) is 5.37. The summed E-state index contributed by atoms with van der Waals surface area (Å²) in [5, 5.41) is 0. The van der Waals surface area contributed by atoms with Crippen LogP contribution in [0.3, 0.4) is 0 Å². The third-order valence-corrected chi connectivity index (χ3v) is 2.50. The first-order valence-corrected chi connectivity index (χ1v) is 6.45. The minimum absolute atomic E-state index is 0. The quantitative estimate of drug-likeness (QED) is 0.539. The molecular weight excluding hydrogens is 192 g/mol. The maximum Gasteiger partial charge on any atom is -0.0276 e. The summed E-state index contributed by atoms with van der Waals surface area (Å²) >= 11 is 0. The van der Waals surface area contributed by atoms with Crippen molar-refractivity contribution >= 4 is 0 Å². The van der Waals surface area contributed by atoms with Crippen molar-refractivity contribution in [3.63, 3.8) is 0 Å². The van der Waals surface area contributed by atoms with E-state index in [4.69, 9.17) is 0 Å². The molecule has 0 unspecified atom stereocenters. The Kier molecular flexibility index (Phi) is 11.8. The molecule has 1 aromatic rings. The van der Waals surface area contributed by atoms with Crippen molar-refractivity contribution in [1.82, 2.24) is 0 Å². The van der Waals surface area contributed by atoms with Gasteiger partial charge in [-0.15, -0.1) is 0 Å². The van der Waals surface area contributed by atoms with Crippen molar-refractivity contribution in [2.45, 2.75) is 67.7 Å². The van der Waals surface area contributed by atoms with Crippen LogP contribution in [0.2, 0.25) is 0 Å². The molecule has 0 fully saturated rings. The molecule has 0 heterocycles. The van der Waals surface area contributed by atoms with Crippen LogP contribution in [0.15, 0.2) is 18.2 Å². The monoisotopic (exact) mass is 222 g/mol. The first-order chi connectivity index (χ1) is 7.36. The molecule has 16 heavy (non-hydrogen) atoms. The van der Waals surface area contributed by atoms with Gasteiger partial charge in [-0.1, -0.05) is 58.9 Å². The Balaban J connectivity index is 0. The van der Waals surface area contributed by atoms with Gasteiger partial charge in [0.25, 0.3) is 0 Å². The zero-order chi connectivity index (χ0) is 11.7. The Morgan fingerprint density at radius 2 is 1.31 bits per heavy atom. The first-order valence-electron chi connectivity index (χ1n) is 6.45. The largest absolute Gasteiger partial charge is 0.0776 e. The van der Waals surface area contributed by atoms with Gasteiger partial charge in [-0.05, 0) is 43.7 Å². The molecule has 0 aliphatic heterocycles. The predicted octanol–water partition coefficient (Wildman–Crippen LogP) is 5.56. The summed E-state index contributed by atoms with van der Waals surface area (Å²) in [7, 11) is 0. The molecule has 0 saturated heterocycles. The van der Waals surface area contributed by atoms with Crippen molar-refractivity contribution in [2.75, 3.05) is 0 Å². The zero-order valence-electron chi connectivity index (χ0n) is 11.1. The van der Waals surface area contributed by atoms with Crippen LogP contribution in [0.1, 0.15) is 64.7 Å². The highest BCUT2D eigenvalue weighted by Crippen LogP contribution is 2.21. The Labute approximate surface area is 103 Å². The Morgan fingerprint density at radius 1 is 0.812 bits per heavy atom. The number of aryl methyl sites for hydroxylation is 3. The van der Waals surface area contributed by atoms with Gasteiger partial charge in [-0.2, -0.15) is 0 Å². The van der Waals surface area contributed by atoms with Crippen LogP contribution in [0, 0.1) is 6.92 Å². The van der Waals surface area contributed by atoms with E-state index in [2.05, 4.69) is 25.1 Å². The zero-order valence-corrected chi connectivity index (χ0v) is 11.1. The predicted molar refractivity (Wildman–Crippen MR) is 77.2 cm³/mol. The van der Waals surface area contributed by atoms with Gasteiger partial charge in [0.2, 0.25) is 0 Å². The van der Waals surface area contributed by atoms with E-state index in [1.807, 2.05) is 27.7 Å². The fourth-order valence-corrected chi connectivity index (χ4v) is 1.86. The van der Waals surface area contributed by atoms with Crippen molar-refractivity contribution in [3.05, 3.63) is 34.9 Å². The average molecular weight is 222 g/mol. The van der Waals surface area contributed by atoms with Crippen LogP contribution in [0.4, 0.5) is 0 Å². The molecule has 0 nitrogen and oxygen atoms in total. The standard InChI is InChI=1S/C11H14.2C2H6.CH4/c1-9-6-7-10-4-2-3-5-11(10)8-9;2*1-2;/h6-8H,2-5H2,1H3;2*1-2H3;1H4. The Bertz CT molecular complexity index is 261. The van der Waals surface area contributed by atoms with Crippen LogP contribution in [-0.4, -0.2) is 0 Å². The van der Waals surface area contributed by atoms with Gasteiger partial charge in [-0.25, -0.2) is 0 Å². The van der Waals surface area contributed by atoms with Gasteiger partial charge in [0.1, 0.15) is 0 Å². The minimum Gasteiger partial charge on any atom is -0.0776 e. The Morgan fingerprint density at radius 3 is 1.88 bits per heavy atom. The topological polar surface area (TPSA) is 0 Å². The maximum absolute atomic E-state index is 2.34. The maximum atomic E-state index is 2.34. The van der Waals surface area contributed by atoms with Crippen molar-refractivity contribution in [1.29, 1.82) is 0 Å². The fraction of sp³-hybridized carbons (Fsp3) is 0.625. The minimum atomic E-state index is 0. The molecule has 1 aliphatic carbocycles. The lowest BCUT2D eigenvalue weighted by atomic mass is 9.91. The molecule has 0 atom stereocenters. The van der Waals surface area contributed by atoms with E-state index in [1.165, 1.54) is 31.2 Å². The summed E-state index contributed by atoms with van der Waals surface area (Å²) in [5.74, 6) is 0.